The maximum absolute atomic E-state index is 11.9. The van der Waals surface area contributed by atoms with Crippen LogP contribution in [0.4, 0.5) is 10.5 Å². The Morgan fingerprint density at radius 1 is 0.960 bits per heavy atom. The van der Waals surface area contributed by atoms with Gasteiger partial charge in [-0.2, -0.15) is 0 Å². The summed E-state index contributed by atoms with van der Waals surface area (Å²) in [5.41, 5.74) is 2.61. The number of likely N-dealkylation sites (tertiary alicyclic amines) is 1. The van der Waals surface area contributed by atoms with Gasteiger partial charge in [-0.3, -0.25) is 4.79 Å². The third-order valence-corrected chi connectivity index (χ3v) is 4.39. The number of nitrogens with zero attached hydrogens (tertiary/aromatic N) is 1. The molecule has 130 valence electrons. The molecule has 0 atom stereocenters. The molecule has 0 aromatic heterocycles. The fourth-order valence-electron chi connectivity index (χ4n) is 2.52. The summed E-state index contributed by atoms with van der Waals surface area (Å²) < 4.78 is 0. The second kappa shape index (κ2) is 8.03. The van der Waals surface area contributed by atoms with E-state index in [4.69, 9.17) is 11.6 Å². The van der Waals surface area contributed by atoms with Crippen molar-refractivity contribution in [2.75, 3.05) is 18.4 Å². The van der Waals surface area contributed by atoms with Crippen LogP contribution < -0.4 is 10.6 Å². The predicted octanol–water partition coefficient (Wildman–Crippen LogP) is 3.44. The van der Waals surface area contributed by atoms with Gasteiger partial charge in [-0.15, -0.1) is 0 Å². The SMILES string of the molecule is O=C(NCc1ccc(Cl)cc1)Nc1ccc(CC(=O)N2CCC2)cc1. The van der Waals surface area contributed by atoms with Crippen LogP contribution in [0, 0.1) is 0 Å². The molecular weight excluding hydrogens is 338 g/mol. The Bertz CT molecular complexity index is 740. The maximum atomic E-state index is 11.9. The summed E-state index contributed by atoms with van der Waals surface area (Å²) in [6.07, 6.45) is 1.50. The molecule has 3 amide bonds. The molecule has 1 heterocycles. The Morgan fingerprint density at radius 2 is 1.60 bits per heavy atom. The highest BCUT2D eigenvalue weighted by atomic mass is 35.5. The molecule has 1 saturated heterocycles. The minimum Gasteiger partial charge on any atom is -0.342 e. The fourth-order valence-corrected chi connectivity index (χ4v) is 2.64. The molecule has 2 aromatic carbocycles. The summed E-state index contributed by atoms with van der Waals surface area (Å²) in [4.78, 5) is 25.7. The number of rotatable bonds is 5. The van der Waals surface area contributed by atoms with E-state index in [0.717, 1.165) is 30.6 Å². The molecule has 0 radical (unpaired) electrons. The topological polar surface area (TPSA) is 61.4 Å². The number of benzene rings is 2. The number of anilines is 1. The van der Waals surface area contributed by atoms with Crippen molar-refractivity contribution in [1.29, 1.82) is 0 Å². The van der Waals surface area contributed by atoms with Crippen LogP contribution in [0.3, 0.4) is 0 Å². The molecule has 1 aliphatic rings. The van der Waals surface area contributed by atoms with Crippen molar-refractivity contribution in [2.24, 2.45) is 0 Å². The molecule has 5 nitrogen and oxygen atoms in total. The number of amides is 3. The summed E-state index contributed by atoms with van der Waals surface area (Å²) in [5, 5.41) is 6.24. The Kier molecular flexibility index (Phi) is 5.56. The number of urea groups is 1. The van der Waals surface area contributed by atoms with Crippen LogP contribution in [0.25, 0.3) is 0 Å². The zero-order valence-corrected chi connectivity index (χ0v) is 14.6. The first kappa shape index (κ1) is 17.3. The number of halogens is 1. The average Bonchev–Trinajstić information content (AvgIpc) is 2.54. The van der Waals surface area contributed by atoms with Crippen LogP contribution in [-0.4, -0.2) is 29.9 Å². The van der Waals surface area contributed by atoms with Gasteiger partial charge >= 0.3 is 6.03 Å². The van der Waals surface area contributed by atoms with Crippen LogP contribution in [0.2, 0.25) is 5.02 Å². The van der Waals surface area contributed by atoms with Crippen molar-refractivity contribution >= 4 is 29.2 Å². The molecule has 6 heteroatoms. The number of nitrogens with one attached hydrogen (secondary N) is 2. The van der Waals surface area contributed by atoms with E-state index in [0.29, 0.717) is 23.7 Å². The van der Waals surface area contributed by atoms with Gasteiger partial charge in [0.2, 0.25) is 5.91 Å². The van der Waals surface area contributed by atoms with E-state index < -0.39 is 0 Å². The van der Waals surface area contributed by atoms with Gasteiger partial charge in [0.05, 0.1) is 6.42 Å². The third-order valence-electron chi connectivity index (χ3n) is 4.14. The Hall–Kier alpha value is -2.53. The first-order valence-electron chi connectivity index (χ1n) is 8.26. The largest absolute Gasteiger partial charge is 0.342 e. The van der Waals surface area contributed by atoms with Gasteiger partial charge in [0.15, 0.2) is 0 Å². The molecular formula is C19H20ClN3O2. The Balaban J connectivity index is 1.46. The quantitative estimate of drug-likeness (QED) is 0.861. The van der Waals surface area contributed by atoms with Gasteiger partial charge in [-0.05, 0) is 41.8 Å². The van der Waals surface area contributed by atoms with Gasteiger partial charge in [0.1, 0.15) is 0 Å². The number of hydrogen-bond donors (Lipinski definition) is 2. The van der Waals surface area contributed by atoms with E-state index in [1.165, 1.54) is 0 Å². The molecule has 25 heavy (non-hydrogen) atoms. The van der Waals surface area contributed by atoms with Crippen LogP contribution >= 0.6 is 11.6 Å². The molecule has 2 N–H and O–H groups in total. The highest BCUT2D eigenvalue weighted by molar-refractivity contribution is 6.30. The Morgan fingerprint density at radius 3 is 2.20 bits per heavy atom. The van der Waals surface area contributed by atoms with Crippen LogP contribution in [0.15, 0.2) is 48.5 Å². The molecule has 0 aliphatic carbocycles. The maximum Gasteiger partial charge on any atom is 0.319 e. The van der Waals surface area contributed by atoms with Gasteiger partial charge in [0.25, 0.3) is 0 Å². The highest BCUT2D eigenvalue weighted by Crippen LogP contribution is 2.14. The van der Waals surface area contributed by atoms with E-state index in [-0.39, 0.29) is 11.9 Å². The lowest BCUT2D eigenvalue weighted by Crippen LogP contribution is -2.42. The normalized spacial score (nSPS) is 13.1. The minimum atomic E-state index is -0.278. The zero-order chi connectivity index (χ0) is 17.6. The first-order chi connectivity index (χ1) is 12.1. The molecule has 0 unspecified atom stereocenters. The molecule has 3 rings (SSSR count). The van der Waals surface area contributed by atoms with E-state index in [1.807, 2.05) is 29.2 Å². The van der Waals surface area contributed by atoms with Crippen molar-refractivity contribution in [3.8, 4) is 0 Å². The molecule has 0 bridgehead atoms. The molecule has 1 aliphatic heterocycles. The van der Waals surface area contributed by atoms with Gasteiger partial charge < -0.3 is 15.5 Å². The lowest BCUT2D eigenvalue weighted by molar-refractivity contribution is -0.133. The van der Waals surface area contributed by atoms with Gasteiger partial charge in [-0.25, -0.2) is 4.79 Å². The summed E-state index contributed by atoms with van der Waals surface area (Å²) in [6, 6.07) is 14.4. The summed E-state index contributed by atoms with van der Waals surface area (Å²) in [6.45, 7) is 2.16. The van der Waals surface area contributed by atoms with Crippen molar-refractivity contribution in [2.45, 2.75) is 19.4 Å². The lowest BCUT2D eigenvalue weighted by Gasteiger charge is -2.30. The lowest BCUT2D eigenvalue weighted by atomic mass is 10.1. The molecule has 0 saturated carbocycles. The monoisotopic (exact) mass is 357 g/mol. The smallest absolute Gasteiger partial charge is 0.319 e. The third kappa shape index (κ3) is 4.97. The highest BCUT2D eigenvalue weighted by Gasteiger charge is 2.19. The Labute approximate surface area is 152 Å². The number of carbonyl (C=O) groups excluding carboxylic acids is 2. The minimum absolute atomic E-state index is 0.160. The van der Waals surface area contributed by atoms with Crippen LogP contribution in [-0.2, 0) is 17.8 Å². The van der Waals surface area contributed by atoms with Crippen molar-refractivity contribution in [3.63, 3.8) is 0 Å². The summed E-state index contributed by atoms with van der Waals surface area (Å²) in [7, 11) is 0. The molecule has 2 aromatic rings. The van der Waals surface area contributed by atoms with Crippen LogP contribution in [0.1, 0.15) is 17.5 Å². The standard InChI is InChI=1S/C19H20ClN3O2/c20-16-6-2-15(3-7-16)13-21-19(25)22-17-8-4-14(5-9-17)12-18(24)23-10-1-11-23/h2-9H,1,10-13H2,(H2,21,22,25). The fraction of sp³-hybridized carbons (Fsp3) is 0.263. The zero-order valence-electron chi connectivity index (χ0n) is 13.8. The molecule has 1 fully saturated rings. The van der Waals surface area contributed by atoms with Crippen molar-refractivity contribution in [1.82, 2.24) is 10.2 Å². The second-order valence-electron chi connectivity index (χ2n) is 6.04. The number of carbonyl (C=O) groups is 2. The van der Waals surface area contributed by atoms with E-state index in [2.05, 4.69) is 10.6 Å². The molecule has 0 spiro atoms. The van der Waals surface area contributed by atoms with Crippen LogP contribution in [0.5, 0.6) is 0 Å². The van der Waals surface area contributed by atoms with Crippen molar-refractivity contribution < 1.29 is 9.59 Å². The van der Waals surface area contributed by atoms with E-state index in [9.17, 15) is 9.59 Å². The summed E-state index contributed by atoms with van der Waals surface area (Å²) in [5.74, 6) is 0.160. The van der Waals surface area contributed by atoms with Gasteiger partial charge in [-0.1, -0.05) is 35.9 Å². The second-order valence-corrected chi connectivity index (χ2v) is 6.48. The van der Waals surface area contributed by atoms with Gasteiger partial charge in [0, 0.05) is 30.3 Å². The van der Waals surface area contributed by atoms with Crippen molar-refractivity contribution in [3.05, 3.63) is 64.7 Å². The number of hydrogen-bond acceptors (Lipinski definition) is 2. The summed E-state index contributed by atoms with van der Waals surface area (Å²) >= 11 is 5.83. The van der Waals surface area contributed by atoms with E-state index >= 15 is 0 Å². The first-order valence-corrected chi connectivity index (χ1v) is 8.64. The predicted molar refractivity (Wildman–Crippen MR) is 98.7 cm³/mol. The average molecular weight is 358 g/mol. The van der Waals surface area contributed by atoms with E-state index in [1.54, 1.807) is 24.3 Å².